The minimum atomic E-state index is -0.619. The first-order chi connectivity index (χ1) is 14.3. The molecule has 0 fully saturated rings. The molecule has 7 heteroatoms. The van der Waals surface area contributed by atoms with E-state index in [-0.39, 0.29) is 19.1 Å². The van der Waals surface area contributed by atoms with E-state index in [9.17, 15) is 14.4 Å². The van der Waals surface area contributed by atoms with Crippen LogP contribution in [-0.2, 0) is 19.1 Å². The number of fused-ring (bicyclic) bond motifs is 1. The number of nitrogens with zero attached hydrogens (tertiary/aromatic N) is 1. The second-order valence-corrected chi connectivity index (χ2v) is 7.14. The molecule has 0 atom stereocenters. The van der Waals surface area contributed by atoms with Crippen LogP contribution in [0.4, 0.5) is 5.69 Å². The number of hydrogen-bond donors (Lipinski definition) is 1. The largest absolute Gasteiger partial charge is 0.488 e. The number of anilines is 1. The highest BCUT2D eigenvalue weighted by Crippen LogP contribution is 2.26. The van der Waals surface area contributed by atoms with Gasteiger partial charge in [-0.15, -0.1) is 0 Å². The van der Waals surface area contributed by atoms with Crippen LogP contribution in [-0.4, -0.2) is 49.5 Å². The molecule has 0 unspecified atom stereocenters. The predicted molar refractivity (Wildman–Crippen MR) is 113 cm³/mol. The Kier molecular flexibility index (Phi) is 6.51. The molecule has 156 valence electrons. The zero-order chi connectivity index (χ0) is 21.7. The molecule has 2 aromatic carbocycles. The minimum absolute atomic E-state index is 0.0814. The van der Waals surface area contributed by atoms with E-state index in [0.717, 1.165) is 22.4 Å². The monoisotopic (exact) mass is 408 g/mol. The van der Waals surface area contributed by atoms with E-state index < -0.39 is 18.5 Å². The molecule has 30 heavy (non-hydrogen) atoms. The Balaban J connectivity index is 1.50. The van der Waals surface area contributed by atoms with E-state index in [4.69, 9.17) is 9.47 Å². The van der Waals surface area contributed by atoms with E-state index in [1.54, 1.807) is 6.08 Å². The van der Waals surface area contributed by atoms with Gasteiger partial charge in [-0.25, -0.2) is 4.79 Å². The average molecular weight is 408 g/mol. The summed E-state index contributed by atoms with van der Waals surface area (Å²) in [5, 5.41) is 2.82. The Morgan fingerprint density at radius 1 is 1.07 bits per heavy atom. The Morgan fingerprint density at radius 3 is 2.50 bits per heavy atom. The lowest BCUT2D eigenvalue weighted by atomic mass is 10.1. The summed E-state index contributed by atoms with van der Waals surface area (Å²) >= 11 is 0. The molecule has 2 aromatic rings. The maximum absolute atomic E-state index is 12.3. The normalized spacial score (nSPS) is 12.2. The van der Waals surface area contributed by atoms with Gasteiger partial charge in [0.05, 0.1) is 12.1 Å². The maximum Gasteiger partial charge on any atom is 0.338 e. The molecule has 0 saturated carbocycles. The fraction of sp³-hybridized carbons (Fsp3) is 0.261. The van der Waals surface area contributed by atoms with Crippen LogP contribution in [0.1, 0.15) is 16.7 Å². The number of ether oxygens (including phenoxy) is 2. The molecule has 0 radical (unpaired) electrons. The lowest BCUT2D eigenvalue weighted by Gasteiger charge is -2.19. The standard InChI is InChI=1S/C23H24N2O5/c1-15-7-6-8-16(2)22(15)24-20(26)12-25(3)21(27)14-30-23(28)18-11-17-9-4-5-10-19(17)29-13-18/h4-11H,12-14H2,1-3H3,(H,24,26). The number of benzene rings is 2. The topological polar surface area (TPSA) is 84.9 Å². The van der Waals surface area contributed by atoms with Gasteiger partial charge >= 0.3 is 5.97 Å². The van der Waals surface area contributed by atoms with Gasteiger partial charge in [-0.3, -0.25) is 9.59 Å². The Morgan fingerprint density at radius 2 is 1.77 bits per heavy atom. The number of likely N-dealkylation sites (N-methyl/N-ethyl adjacent to an activating group) is 1. The third-order valence-corrected chi connectivity index (χ3v) is 4.77. The van der Waals surface area contributed by atoms with Gasteiger partial charge in [-0.2, -0.15) is 0 Å². The summed E-state index contributed by atoms with van der Waals surface area (Å²) in [5.74, 6) is -0.724. The molecule has 1 heterocycles. The van der Waals surface area contributed by atoms with E-state index in [1.165, 1.54) is 11.9 Å². The van der Waals surface area contributed by atoms with Gasteiger partial charge in [-0.05, 0) is 37.1 Å². The molecule has 0 spiro atoms. The van der Waals surface area contributed by atoms with E-state index in [1.807, 2.05) is 56.3 Å². The molecular formula is C23H24N2O5. The summed E-state index contributed by atoms with van der Waals surface area (Å²) in [6.07, 6.45) is 1.69. The SMILES string of the molecule is Cc1cccc(C)c1NC(=O)CN(C)C(=O)COC(=O)C1=Cc2ccccc2OC1. The summed E-state index contributed by atoms with van der Waals surface area (Å²) in [4.78, 5) is 38.0. The number of carbonyl (C=O) groups excluding carboxylic acids is 3. The van der Waals surface area contributed by atoms with Gasteiger partial charge in [-0.1, -0.05) is 36.4 Å². The zero-order valence-corrected chi connectivity index (χ0v) is 17.2. The van der Waals surface area contributed by atoms with Crippen LogP contribution in [0.2, 0.25) is 0 Å². The Hall–Kier alpha value is -3.61. The van der Waals surface area contributed by atoms with Crippen molar-refractivity contribution in [1.82, 2.24) is 4.90 Å². The van der Waals surface area contributed by atoms with Crippen molar-refractivity contribution in [1.29, 1.82) is 0 Å². The van der Waals surface area contributed by atoms with Crippen LogP contribution in [0.15, 0.2) is 48.0 Å². The number of rotatable bonds is 6. The first kappa shape index (κ1) is 21.1. The van der Waals surface area contributed by atoms with Crippen molar-refractivity contribution in [2.24, 2.45) is 0 Å². The molecule has 0 bridgehead atoms. The van der Waals surface area contributed by atoms with E-state index in [0.29, 0.717) is 11.3 Å². The number of hydrogen-bond acceptors (Lipinski definition) is 5. The summed E-state index contributed by atoms with van der Waals surface area (Å²) in [5.41, 5.74) is 3.73. The second kappa shape index (κ2) is 9.26. The van der Waals surface area contributed by atoms with Crippen LogP contribution >= 0.6 is 0 Å². The lowest BCUT2D eigenvalue weighted by molar-refractivity contribution is -0.149. The van der Waals surface area contributed by atoms with Crippen LogP contribution in [0.3, 0.4) is 0 Å². The molecule has 2 amide bonds. The van der Waals surface area contributed by atoms with Crippen molar-refractivity contribution in [2.75, 3.05) is 32.1 Å². The van der Waals surface area contributed by atoms with Crippen molar-refractivity contribution in [2.45, 2.75) is 13.8 Å². The molecule has 0 aromatic heterocycles. The van der Waals surface area contributed by atoms with Crippen LogP contribution in [0.25, 0.3) is 6.08 Å². The first-order valence-corrected chi connectivity index (χ1v) is 9.54. The summed E-state index contributed by atoms with van der Waals surface area (Å²) in [6.45, 7) is 3.28. The quantitative estimate of drug-likeness (QED) is 0.743. The zero-order valence-electron chi connectivity index (χ0n) is 17.2. The number of para-hydroxylation sites is 2. The minimum Gasteiger partial charge on any atom is -0.488 e. The van der Waals surface area contributed by atoms with Gasteiger partial charge in [0, 0.05) is 18.3 Å². The number of esters is 1. The number of aryl methyl sites for hydroxylation is 2. The Bertz CT molecular complexity index is 992. The molecule has 1 aliphatic heterocycles. The van der Waals surface area contributed by atoms with E-state index in [2.05, 4.69) is 5.32 Å². The highest BCUT2D eigenvalue weighted by molar-refractivity contribution is 5.98. The summed E-state index contributed by atoms with van der Waals surface area (Å²) in [6, 6.07) is 13.1. The summed E-state index contributed by atoms with van der Waals surface area (Å²) in [7, 11) is 1.49. The van der Waals surface area contributed by atoms with Crippen molar-refractivity contribution in [3.8, 4) is 5.75 Å². The van der Waals surface area contributed by atoms with Crippen LogP contribution in [0, 0.1) is 13.8 Å². The van der Waals surface area contributed by atoms with Crippen molar-refractivity contribution < 1.29 is 23.9 Å². The fourth-order valence-electron chi connectivity index (χ4n) is 3.06. The molecule has 1 N–H and O–H groups in total. The van der Waals surface area contributed by atoms with Crippen molar-refractivity contribution in [3.63, 3.8) is 0 Å². The fourth-order valence-corrected chi connectivity index (χ4v) is 3.06. The van der Waals surface area contributed by atoms with Crippen LogP contribution in [0.5, 0.6) is 5.75 Å². The number of amides is 2. The van der Waals surface area contributed by atoms with E-state index >= 15 is 0 Å². The number of carbonyl (C=O) groups is 3. The predicted octanol–water partition coefficient (Wildman–Crippen LogP) is 2.72. The molecule has 0 saturated heterocycles. The molecular weight excluding hydrogens is 384 g/mol. The molecule has 0 aliphatic carbocycles. The Labute approximate surface area is 175 Å². The molecule has 7 nitrogen and oxygen atoms in total. The summed E-state index contributed by atoms with van der Waals surface area (Å²) < 4.78 is 10.6. The smallest absolute Gasteiger partial charge is 0.338 e. The molecule has 1 aliphatic rings. The van der Waals surface area contributed by atoms with Crippen molar-refractivity contribution >= 4 is 29.5 Å². The van der Waals surface area contributed by atoms with Gasteiger partial charge in [0.15, 0.2) is 6.61 Å². The highest BCUT2D eigenvalue weighted by atomic mass is 16.5. The van der Waals surface area contributed by atoms with Crippen molar-refractivity contribution in [3.05, 3.63) is 64.7 Å². The highest BCUT2D eigenvalue weighted by Gasteiger charge is 2.21. The third kappa shape index (κ3) is 5.05. The number of nitrogens with one attached hydrogen (secondary N) is 1. The molecule has 3 rings (SSSR count). The van der Waals surface area contributed by atoms with Crippen LogP contribution < -0.4 is 10.1 Å². The van der Waals surface area contributed by atoms with Gasteiger partial charge in [0.25, 0.3) is 5.91 Å². The average Bonchev–Trinajstić information content (AvgIpc) is 2.74. The van der Waals surface area contributed by atoms with Gasteiger partial charge in [0.2, 0.25) is 5.91 Å². The lowest BCUT2D eigenvalue weighted by Crippen LogP contribution is -2.37. The first-order valence-electron chi connectivity index (χ1n) is 9.54. The second-order valence-electron chi connectivity index (χ2n) is 7.14. The van der Waals surface area contributed by atoms with Gasteiger partial charge in [0.1, 0.15) is 12.4 Å². The maximum atomic E-state index is 12.3. The third-order valence-electron chi connectivity index (χ3n) is 4.77. The van der Waals surface area contributed by atoms with Gasteiger partial charge < -0.3 is 19.7 Å².